The molecule has 136 valence electrons. The zero-order chi connectivity index (χ0) is 18.6. The van der Waals surface area contributed by atoms with Crippen molar-refractivity contribution in [2.75, 3.05) is 11.9 Å². The van der Waals surface area contributed by atoms with Gasteiger partial charge in [-0.15, -0.1) is 11.3 Å². The van der Waals surface area contributed by atoms with Gasteiger partial charge in [-0.05, 0) is 55.7 Å². The molecule has 4 aromatic rings. The van der Waals surface area contributed by atoms with Crippen LogP contribution in [-0.4, -0.2) is 16.5 Å². The van der Waals surface area contributed by atoms with Gasteiger partial charge in [0.05, 0.1) is 5.39 Å². The number of aryl methyl sites for hydroxylation is 2. The van der Waals surface area contributed by atoms with Crippen molar-refractivity contribution in [3.8, 4) is 11.4 Å². The average molecular weight is 394 g/mol. The van der Waals surface area contributed by atoms with E-state index in [4.69, 9.17) is 21.6 Å². The summed E-state index contributed by atoms with van der Waals surface area (Å²) in [7, 11) is 0. The molecule has 0 aliphatic carbocycles. The molecule has 27 heavy (non-hydrogen) atoms. The summed E-state index contributed by atoms with van der Waals surface area (Å²) < 4.78 is 0. The quantitative estimate of drug-likeness (QED) is 0.387. The summed E-state index contributed by atoms with van der Waals surface area (Å²) in [4.78, 5) is 11.8. The molecule has 5 heteroatoms. The van der Waals surface area contributed by atoms with Crippen LogP contribution in [0.5, 0.6) is 0 Å². The topological polar surface area (TPSA) is 37.8 Å². The molecule has 0 saturated carbocycles. The smallest absolute Gasteiger partial charge is 0.163 e. The van der Waals surface area contributed by atoms with Crippen molar-refractivity contribution >= 4 is 39.0 Å². The minimum absolute atomic E-state index is 0.714. The van der Waals surface area contributed by atoms with Crippen LogP contribution in [0.3, 0.4) is 0 Å². The number of rotatable bonds is 6. The fourth-order valence-corrected chi connectivity index (χ4v) is 4.05. The highest BCUT2D eigenvalue weighted by Gasteiger charge is 2.12. The summed E-state index contributed by atoms with van der Waals surface area (Å²) in [5.41, 5.74) is 2.33. The van der Waals surface area contributed by atoms with E-state index in [1.54, 1.807) is 11.3 Å². The van der Waals surface area contributed by atoms with Crippen molar-refractivity contribution in [3.63, 3.8) is 0 Å². The molecule has 0 fully saturated rings. The summed E-state index contributed by atoms with van der Waals surface area (Å²) >= 11 is 7.71. The van der Waals surface area contributed by atoms with Crippen molar-refractivity contribution < 1.29 is 0 Å². The predicted octanol–water partition coefficient (Wildman–Crippen LogP) is 6.36. The SMILES string of the molecule is Cc1cc2c(NCCCc3ccccc3)nc(-c3ccc(Cl)cc3)nc2s1. The van der Waals surface area contributed by atoms with E-state index in [1.165, 1.54) is 10.4 Å². The lowest BCUT2D eigenvalue weighted by molar-refractivity contribution is 0.860. The van der Waals surface area contributed by atoms with Crippen LogP contribution in [0.1, 0.15) is 16.9 Å². The Morgan fingerprint density at radius 3 is 2.56 bits per heavy atom. The third kappa shape index (κ3) is 4.29. The first kappa shape index (κ1) is 18.0. The van der Waals surface area contributed by atoms with E-state index in [-0.39, 0.29) is 0 Å². The number of hydrogen-bond acceptors (Lipinski definition) is 4. The number of benzene rings is 2. The van der Waals surface area contributed by atoms with Gasteiger partial charge in [-0.3, -0.25) is 0 Å². The second-order valence-electron chi connectivity index (χ2n) is 6.49. The fraction of sp³-hybridized carbons (Fsp3) is 0.182. The van der Waals surface area contributed by atoms with Gasteiger partial charge in [0, 0.05) is 22.0 Å². The first-order valence-electron chi connectivity index (χ1n) is 9.01. The Kier molecular flexibility index (Phi) is 5.37. The zero-order valence-electron chi connectivity index (χ0n) is 15.1. The summed E-state index contributed by atoms with van der Waals surface area (Å²) in [6, 6.07) is 20.4. The molecule has 3 nitrogen and oxygen atoms in total. The van der Waals surface area contributed by atoms with E-state index in [0.29, 0.717) is 5.02 Å². The summed E-state index contributed by atoms with van der Waals surface area (Å²) in [5.74, 6) is 1.63. The Labute approximate surface area is 168 Å². The molecule has 2 aromatic heterocycles. The molecule has 0 bridgehead atoms. The molecule has 0 unspecified atom stereocenters. The largest absolute Gasteiger partial charge is 0.369 e. The predicted molar refractivity (Wildman–Crippen MR) is 116 cm³/mol. The Hall–Kier alpha value is -2.43. The molecule has 2 aromatic carbocycles. The molecule has 2 heterocycles. The van der Waals surface area contributed by atoms with E-state index < -0.39 is 0 Å². The van der Waals surface area contributed by atoms with Crippen LogP contribution in [0.4, 0.5) is 5.82 Å². The standard InChI is InChI=1S/C22H20ClN3S/c1-15-14-19-21(24-13-5-8-16-6-3-2-4-7-16)25-20(26-22(19)27-15)17-9-11-18(23)12-10-17/h2-4,6-7,9-12,14H,5,8,13H2,1H3,(H,24,25,26). The van der Waals surface area contributed by atoms with E-state index in [9.17, 15) is 0 Å². The summed E-state index contributed by atoms with van der Waals surface area (Å²) in [6.45, 7) is 2.98. The molecule has 0 amide bonds. The molecule has 1 N–H and O–H groups in total. The number of thiophene rings is 1. The third-order valence-corrected chi connectivity index (χ3v) is 5.59. The minimum Gasteiger partial charge on any atom is -0.369 e. The molecular weight excluding hydrogens is 374 g/mol. The first-order chi connectivity index (χ1) is 13.2. The van der Waals surface area contributed by atoms with E-state index in [1.807, 2.05) is 24.3 Å². The van der Waals surface area contributed by atoms with Gasteiger partial charge >= 0.3 is 0 Å². The number of aromatic nitrogens is 2. The summed E-state index contributed by atoms with van der Waals surface area (Å²) in [6.07, 6.45) is 2.10. The lowest BCUT2D eigenvalue weighted by atomic mass is 10.1. The van der Waals surface area contributed by atoms with Gasteiger partial charge in [0.1, 0.15) is 10.6 Å². The number of nitrogens with zero attached hydrogens (tertiary/aromatic N) is 2. The Morgan fingerprint density at radius 2 is 1.78 bits per heavy atom. The van der Waals surface area contributed by atoms with Gasteiger partial charge in [0.25, 0.3) is 0 Å². The zero-order valence-corrected chi connectivity index (χ0v) is 16.6. The first-order valence-corrected chi connectivity index (χ1v) is 10.2. The van der Waals surface area contributed by atoms with Gasteiger partial charge in [-0.25, -0.2) is 9.97 Å². The summed E-state index contributed by atoms with van der Waals surface area (Å²) in [5, 5.41) is 5.33. The van der Waals surface area contributed by atoms with E-state index in [2.05, 4.69) is 48.6 Å². The molecule has 0 aliphatic heterocycles. The molecule has 0 spiro atoms. The number of hydrogen-bond donors (Lipinski definition) is 1. The molecule has 0 atom stereocenters. The van der Waals surface area contributed by atoms with Gasteiger partial charge in [0.15, 0.2) is 5.82 Å². The van der Waals surface area contributed by atoms with Crippen LogP contribution in [0.25, 0.3) is 21.6 Å². The van der Waals surface area contributed by atoms with Gasteiger partial charge in [0.2, 0.25) is 0 Å². The van der Waals surface area contributed by atoms with Crippen LogP contribution in [0.2, 0.25) is 5.02 Å². The minimum atomic E-state index is 0.714. The molecule has 0 aliphatic rings. The average Bonchev–Trinajstić information content (AvgIpc) is 3.07. The normalized spacial score (nSPS) is 11.0. The van der Waals surface area contributed by atoms with Crippen LogP contribution < -0.4 is 5.32 Å². The molecule has 0 radical (unpaired) electrons. The fourth-order valence-electron chi connectivity index (χ4n) is 3.05. The van der Waals surface area contributed by atoms with Gasteiger partial charge in [-0.1, -0.05) is 41.9 Å². The maximum atomic E-state index is 6.01. The van der Waals surface area contributed by atoms with Crippen molar-refractivity contribution in [3.05, 3.63) is 76.1 Å². The maximum absolute atomic E-state index is 6.01. The highest BCUT2D eigenvalue weighted by atomic mass is 35.5. The third-order valence-electron chi connectivity index (χ3n) is 4.40. The van der Waals surface area contributed by atoms with Crippen molar-refractivity contribution in [1.82, 2.24) is 9.97 Å². The molecule has 0 saturated heterocycles. The molecular formula is C22H20ClN3S. The highest BCUT2D eigenvalue weighted by molar-refractivity contribution is 7.18. The van der Waals surface area contributed by atoms with Crippen LogP contribution >= 0.6 is 22.9 Å². The van der Waals surface area contributed by atoms with E-state index >= 15 is 0 Å². The Balaban J connectivity index is 1.56. The lowest BCUT2D eigenvalue weighted by Crippen LogP contribution is -2.06. The van der Waals surface area contributed by atoms with Crippen molar-refractivity contribution in [2.45, 2.75) is 19.8 Å². The van der Waals surface area contributed by atoms with Crippen LogP contribution in [0.15, 0.2) is 60.7 Å². The van der Waals surface area contributed by atoms with Gasteiger partial charge < -0.3 is 5.32 Å². The second-order valence-corrected chi connectivity index (χ2v) is 8.17. The van der Waals surface area contributed by atoms with Crippen LogP contribution in [0, 0.1) is 6.92 Å². The number of nitrogens with one attached hydrogen (secondary N) is 1. The lowest BCUT2D eigenvalue weighted by Gasteiger charge is -2.09. The Bertz CT molecular complexity index is 1040. The van der Waals surface area contributed by atoms with Gasteiger partial charge in [-0.2, -0.15) is 0 Å². The number of halogens is 1. The van der Waals surface area contributed by atoms with Crippen molar-refractivity contribution in [2.24, 2.45) is 0 Å². The Morgan fingerprint density at radius 1 is 1.00 bits per heavy atom. The maximum Gasteiger partial charge on any atom is 0.163 e. The highest BCUT2D eigenvalue weighted by Crippen LogP contribution is 2.31. The monoisotopic (exact) mass is 393 g/mol. The number of fused-ring (bicyclic) bond motifs is 1. The molecule has 4 rings (SSSR count). The second kappa shape index (κ2) is 8.07. The number of anilines is 1. The van der Waals surface area contributed by atoms with Crippen molar-refractivity contribution in [1.29, 1.82) is 0 Å². The van der Waals surface area contributed by atoms with E-state index in [0.717, 1.165) is 46.8 Å². The van der Waals surface area contributed by atoms with Crippen LogP contribution in [-0.2, 0) is 6.42 Å².